The number of para-hydroxylation sites is 1. The van der Waals surface area contributed by atoms with Crippen LogP contribution in [0.3, 0.4) is 0 Å². The minimum Gasteiger partial charge on any atom is -0.497 e. The summed E-state index contributed by atoms with van der Waals surface area (Å²) in [6.45, 7) is 2.42. The minimum absolute atomic E-state index is 0.0684. The van der Waals surface area contributed by atoms with Crippen molar-refractivity contribution in [2.24, 2.45) is 0 Å². The van der Waals surface area contributed by atoms with Crippen molar-refractivity contribution in [3.05, 3.63) is 59.7 Å². The first-order valence-corrected chi connectivity index (χ1v) is 9.37. The number of ether oxygens (including phenoxy) is 1. The molecular weight excluding hydrogens is 322 g/mol. The number of hydrogen-bond donors (Lipinski definition) is 0. The average Bonchev–Trinajstić information content (AvgIpc) is 3.04. The average molecular weight is 343 g/mol. The summed E-state index contributed by atoms with van der Waals surface area (Å²) in [6.07, 6.45) is 0.858. The van der Waals surface area contributed by atoms with E-state index in [1.54, 1.807) is 18.9 Å². The van der Waals surface area contributed by atoms with Gasteiger partial charge in [-0.25, -0.2) is 0 Å². The maximum Gasteiger partial charge on any atom is 0.242 e. The van der Waals surface area contributed by atoms with E-state index in [0.29, 0.717) is 12.3 Å². The van der Waals surface area contributed by atoms with Crippen LogP contribution in [0.5, 0.6) is 5.75 Å². The van der Waals surface area contributed by atoms with Gasteiger partial charge in [0.2, 0.25) is 5.91 Å². The second-order valence-corrected chi connectivity index (χ2v) is 7.64. The van der Waals surface area contributed by atoms with E-state index < -0.39 is 16.0 Å². The highest BCUT2D eigenvalue weighted by atomic mass is 32.2. The Hall–Kier alpha value is -2.14. The largest absolute Gasteiger partial charge is 0.497 e. The number of methoxy groups -OCH3 is 1. The zero-order valence-electron chi connectivity index (χ0n) is 13.9. The van der Waals surface area contributed by atoms with Crippen LogP contribution in [0.15, 0.2) is 48.5 Å². The van der Waals surface area contributed by atoms with E-state index in [9.17, 15) is 9.00 Å². The molecule has 0 aliphatic carbocycles. The summed E-state index contributed by atoms with van der Waals surface area (Å²) in [5.41, 5.74) is 3.04. The molecule has 3 rings (SSSR count). The number of anilines is 1. The first kappa shape index (κ1) is 16.7. The zero-order chi connectivity index (χ0) is 17.1. The van der Waals surface area contributed by atoms with Gasteiger partial charge in [-0.15, -0.1) is 0 Å². The van der Waals surface area contributed by atoms with Gasteiger partial charge >= 0.3 is 0 Å². The molecule has 2 unspecified atom stereocenters. The minimum atomic E-state index is -1.28. The van der Waals surface area contributed by atoms with Crippen molar-refractivity contribution in [3.8, 4) is 5.75 Å². The Morgan fingerprint density at radius 3 is 2.83 bits per heavy atom. The summed E-state index contributed by atoms with van der Waals surface area (Å²) in [5.74, 6) is 1.01. The lowest BCUT2D eigenvalue weighted by atomic mass is 10.2. The quantitative estimate of drug-likeness (QED) is 0.839. The Balaban J connectivity index is 1.70. The molecule has 2 atom stereocenters. The molecule has 2 aromatic rings. The fraction of sp³-hybridized carbons (Fsp3) is 0.316. The molecule has 24 heavy (non-hydrogen) atoms. The fourth-order valence-corrected chi connectivity index (χ4v) is 4.06. The predicted octanol–water partition coefficient (Wildman–Crippen LogP) is 2.92. The number of amides is 1. The molecule has 0 spiro atoms. The second kappa shape index (κ2) is 7.18. The Kier molecular flexibility index (Phi) is 5.00. The van der Waals surface area contributed by atoms with Crippen LogP contribution in [0, 0.1) is 0 Å². The van der Waals surface area contributed by atoms with Crippen LogP contribution in [0.1, 0.15) is 18.1 Å². The van der Waals surface area contributed by atoms with Gasteiger partial charge in [-0.1, -0.05) is 30.3 Å². The number of carbonyl (C=O) groups excluding carboxylic acids is 1. The molecule has 4 nitrogen and oxygen atoms in total. The third-order valence-electron chi connectivity index (χ3n) is 4.34. The maximum absolute atomic E-state index is 12.8. The molecule has 0 fully saturated rings. The summed E-state index contributed by atoms with van der Waals surface area (Å²) in [7, 11) is 0.329. The number of fused-ring (bicyclic) bond motifs is 1. The van der Waals surface area contributed by atoms with Crippen molar-refractivity contribution in [2.45, 2.75) is 24.3 Å². The first-order valence-electron chi connectivity index (χ1n) is 7.99. The summed E-state index contributed by atoms with van der Waals surface area (Å²) in [4.78, 5) is 14.5. The number of hydrogen-bond acceptors (Lipinski definition) is 3. The molecule has 0 saturated heterocycles. The number of carbonyl (C=O) groups is 1. The maximum atomic E-state index is 12.8. The number of benzene rings is 2. The lowest BCUT2D eigenvalue weighted by Crippen LogP contribution is -2.39. The SMILES string of the molecule is COc1cccc(CS(=O)C(C)C(=O)N2CCc3ccccc32)c1. The highest BCUT2D eigenvalue weighted by Gasteiger charge is 2.30. The molecule has 0 radical (unpaired) electrons. The summed E-state index contributed by atoms with van der Waals surface area (Å²) in [5, 5.41) is -0.539. The van der Waals surface area contributed by atoms with Crippen molar-refractivity contribution in [1.82, 2.24) is 0 Å². The van der Waals surface area contributed by atoms with E-state index in [1.807, 2.05) is 48.5 Å². The topological polar surface area (TPSA) is 46.6 Å². The van der Waals surface area contributed by atoms with Gasteiger partial charge in [0.25, 0.3) is 0 Å². The van der Waals surface area contributed by atoms with Crippen LogP contribution < -0.4 is 9.64 Å². The Labute approximate surface area is 144 Å². The molecule has 0 aromatic heterocycles. The van der Waals surface area contributed by atoms with Crippen LogP contribution in [0.25, 0.3) is 0 Å². The molecule has 0 bridgehead atoms. The van der Waals surface area contributed by atoms with Gasteiger partial charge in [-0.3, -0.25) is 9.00 Å². The molecule has 0 N–H and O–H groups in total. The molecule has 1 amide bonds. The molecule has 0 saturated carbocycles. The van der Waals surface area contributed by atoms with E-state index >= 15 is 0 Å². The third kappa shape index (κ3) is 3.36. The molecule has 2 aromatic carbocycles. The van der Waals surface area contributed by atoms with E-state index in [-0.39, 0.29) is 5.91 Å². The lowest BCUT2D eigenvalue weighted by Gasteiger charge is -2.21. The normalized spacial score (nSPS) is 15.7. The Bertz CT molecular complexity index is 775. The lowest BCUT2D eigenvalue weighted by molar-refractivity contribution is -0.117. The van der Waals surface area contributed by atoms with Gasteiger partial charge in [0, 0.05) is 28.8 Å². The van der Waals surface area contributed by atoms with Crippen LogP contribution in [0.2, 0.25) is 0 Å². The smallest absolute Gasteiger partial charge is 0.242 e. The van der Waals surface area contributed by atoms with Crippen molar-refractivity contribution in [2.75, 3.05) is 18.6 Å². The number of rotatable bonds is 5. The molecule has 1 aliphatic heterocycles. The summed E-state index contributed by atoms with van der Waals surface area (Å²) >= 11 is 0. The highest BCUT2D eigenvalue weighted by Crippen LogP contribution is 2.28. The highest BCUT2D eigenvalue weighted by molar-refractivity contribution is 7.85. The predicted molar refractivity (Wildman–Crippen MR) is 96.8 cm³/mol. The molecule has 1 aliphatic rings. The van der Waals surface area contributed by atoms with Crippen LogP contribution in [-0.2, 0) is 27.8 Å². The molecular formula is C19H21NO3S. The molecule has 126 valence electrons. The second-order valence-electron chi connectivity index (χ2n) is 5.89. The molecule has 1 heterocycles. The summed E-state index contributed by atoms with van der Waals surface area (Å²) < 4.78 is 17.8. The van der Waals surface area contributed by atoms with Gasteiger partial charge in [-0.2, -0.15) is 0 Å². The fourth-order valence-electron chi connectivity index (χ4n) is 2.95. The standard InChI is InChI=1S/C19H21NO3S/c1-14(24(22)13-15-6-5-8-17(12-15)23-2)19(21)20-11-10-16-7-3-4-9-18(16)20/h3-9,12,14H,10-11,13H2,1-2H3. The Morgan fingerprint density at radius 1 is 1.25 bits per heavy atom. The van der Waals surface area contributed by atoms with Crippen molar-refractivity contribution in [3.63, 3.8) is 0 Å². The van der Waals surface area contributed by atoms with E-state index in [1.165, 1.54) is 5.56 Å². The Morgan fingerprint density at radius 2 is 2.04 bits per heavy atom. The van der Waals surface area contributed by atoms with Crippen molar-refractivity contribution >= 4 is 22.4 Å². The third-order valence-corrected chi connectivity index (χ3v) is 5.95. The monoisotopic (exact) mass is 343 g/mol. The molecule has 5 heteroatoms. The van der Waals surface area contributed by atoms with Crippen molar-refractivity contribution in [1.29, 1.82) is 0 Å². The van der Waals surface area contributed by atoms with E-state index in [4.69, 9.17) is 4.74 Å². The van der Waals surface area contributed by atoms with Crippen molar-refractivity contribution < 1.29 is 13.7 Å². The number of nitrogens with zero attached hydrogens (tertiary/aromatic N) is 1. The van der Waals surface area contributed by atoms with Crippen LogP contribution in [0.4, 0.5) is 5.69 Å². The van der Waals surface area contributed by atoms with E-state index in [0.717, 1.165) is 23.4 Å². The van der Waals surface area contributed by atoms with Gasteiger partial charge < -0.3 is 9.64 Å². The van der Waals surface area contributed by atoms with Gasteiger partial charge in [-0.05, 0) is 42.7 Å². The van der Waals surface area contributed by atoms with Gasteiger partial charge in [0.05, 0.1) is 7.11 Å². The summed E-state index contributed by atoms with van der Waals surface area (Å²) in [6, 6.07) is 15.4. The zero-order valence-corrected chi connectivity index (χ0v) is 14.7. The van der Waals surface area contributed by atoms with Gasteiger partial charge in [0.1, 0.15) is 11.0 Å². The van der Waals surface area contributed by atoms with Crippen LogP contribution >= 0.6 is 0 Å². The first-order chi connectivity index (χ1) is 11.6. The van der Waals surface area contributed by atoms with Crippen LogP contribution in [-0.4, -0.2) is 29.0 Å². The van der Waals surface area contributed by atoms with Gasteiger partial charge in [0.15, 0.2) is 0 Å². The van der Waals surface area contributed by atoms with E-state index in [2.05, 4.69) is 0 Å².